The molecule has 0 spiro atoms. The number of hydrogen-bond acceptors (Lipinski definition) is 3. The molecule has 0 amide bonds. The number of phenols is 1. The molecule has 7 rings (SSSR count). The van der Waals surface area contributed by atoms with Crippen molar-refractivity contribution in [1.82, 2.24) is 14.5 Å². The largest absolute Gasteiger partial charge is 0.507 e. The molecule has 0 bridgehead atoms. The summed E-state index contributed by atoms with van der Waals surface area (Å²) in [5.74, 6) is 1.10. The second-order valence-electron chi connectivity index (χ2n) is 9.78. The van der Waals surface area contributed by atoms with Crippen molar-refractivity contribution >= 4 is 11.0 Å². The van der Waals surface area contributed by atoms with E-state index in [9.17, 15) is 5.11 Å². The van der Waals surface area contributed by atoms with Crippen LogP contribution in [0.5, 0.6) is 5.75 Å². The second kappa shape index (κ2) is 10.6. The van der Waals surface area contributed by atoms with Crippen LogP contribution >= 0.6 is 0 Å². The van der Waals surface area contributed by atoms with Crippen molar-refractivity contribution in [3.05, 3.63) is 120 Å². The van der Waals surface area contributed by atoms with Crippen LogP contribution in [-0.2, 0) is 33.9 Å². The van der Waals surface area contributed by atoms with Crippen LogP contribution < -0.4 is 0 Å². The van der Waals surface area contributed by atoms with Gasteiger partial charge in [0, 0.05) is 38.6 Å². The van der Waals surface area contributed by atoms with E-state index in [-0.39, 0.29) is 21.1 Å². The van der Waals surface area contributed by atoms with Gasteiger partial charge < -0.3 is 5.11 Å². The molecular formula is C34H26N3OPt-. The molecule has 5 heteroatoms. The number of fused-ring (bicyclic) bond motifs is 2. The van der Waals surface area contributed by atoms with E-state index >= 15 is 0 Å². The molecule has 2 heterocycles. The van der Waals surface area contributed by atoms with Crippen LogP contribution in [0.15, 0.2) is 103 Å². The van der Waals surface area contributed by atoms with Gasteiger partial charge in [-0.2, -0.15) is 0 Å². The van der Waals surface area contributed by atoms with Gasteiger partial charge in [-0.1, -0.05) is 59.7 Å². The van der Waals surface area contributed by atoms with Gasteiger partial charge in [0.1, 0.15) is 11.6 Å². The van der Waals surface area contributed by atoms with Gasteiger partial charge in [0.05, 0.1) is 16.6 Å². The molecule has 39 heavy (non-hydrogen) atoms. The Bertz CT molecular complexity index is 1780. The van der Waals surface area contributed by atoms with Crippen molar-refractivity contribution in [2.45, 2.75) is 25.7 Å². The van der Waals surface area contributed by atoms with Crippen molar-refractivity contribution in [2.75, 3.05) is 0 Å². The van der Waals surface area contributed by atoms with E-state index < -0.39 is 0 Å². The average Bonchev–Trinajstić information content (AvgIpc) is 3.38. The SMILES string of the molecule is Oc1c(-c2nc3c(-c4[c-]c(-c5ccccn5)ccc4)cccc3n2-c2ccccc2)ccc2c1CCCC2.[Pt]. The molecule has 2 aromatic heterocycles. The number of phenolic OH excluding ortho intramolecular Hbond substituents is 1. The fraction of sp³-hybridized carbons (Fsp3) is 0.118. The normalized spacial score (nSPS) is 12.6. The first-order valence-electron chi connectivity index (χ1n) is 13.1. The molecule has 0 saturated heterocycles. The van der Waals surface area contributed by atoms with Crippen LogP contribution in [0.2, 0.25) is 0 Å². The first-order chi connectivity index (χ1) is 18.8. The van der Waals surface area contributed by atoms with E-state index in [1.54, 1.807) is 6.20 Å². The second-order valence-corrected chi connectivity index (χ2v) is 9.78. The van der Waals surface area contributed by atoms with Crippen LogP contribution in [0.3, 0.4) is 0 Å². The number of rotatable bonds is 4. The molecule has 6 aromatic rings. The summed E-state index contributed by atoms with van der Waals surface area (Å²) in [4.78, 5) is 9.72. The Kier molecular flexibility index (Phi) is 6.89. The number of aryl methyl sites for hydroxylation is 1. The average molecular weight is 688 g/mol. The maximum atomic E-state index is 11.5. The molecule has 1 aliphatic rings. The molecule has 1 N–H and O–H groups in total. The number of nitrogens with zero attached hydrogens (tertiary/aromatic N) is 3. The van der Waals surface area contributed by atoms with E-state index in [4.69, 9.17) is 4.98 Å². The number of pyridine rings is 1. The smallest absolute Gasteiger partial charge is 0.148 e. The molecule has 0 aliphatic heterocycles. The van der Waals surface area contributed by atoms with Crippen LogP contribution in [-0.4, -0.2) is 19.6 Å². The minimum Gasteiger partial charge on any atom is -0.507 e. The van der Waals surface area contributed by atoms with Crippen molar-refractivity contribution in [2.24, 2.45) is 0 Å². The van der Waals surface area contributed by atoms with Gasteiger partial charge in [-0.15, -0.1) is 29.8 Å². The number of aromatic nitrogens is 3. The molecule has 0 fully saturated rings. The van der Waals surface area contributed by atoms with Crippen LogP contribution in [0.1, 0.15) is 24.0 Å². The molecule has 1 aliphatic carbocycles. The Morgan fingerprint density at radius 3 is 2.36 bits per heavy atom. The topological polar surface area (TPSA) is 50.9 Å². The quantitative estimate of drug-likeness (QED) is 0.193. The van der Waals surface area contributed by atoms with Gasteiger partial charge in [-0.25, -0.2) is 4.98 Å². The third kappa shape index (κ3) is 4.49. The first kappa shape index (κ1) is 25.3. The van der Waals surface area contributed by atoms with Gasteiger partial charge in [-0.05, 0) is 67.1 Å². The summed E-state index contributed by atoms with van der Waals surface area (Å²) in [7, 11) is 0. The number of hydrogen-bond donors (Lipinski definition) is 1. The zero-order valence-corrected chi connectivity index (χ0v) is 23.5. The van der Waals surface area contributed by atoms with Gasteiger partial charge >= 0.3 is 0 Å². The minimum atomic E-state index is 0. The zero-order chi connectivity index (χ0) is 25.5. The summed E-state index contributed by atoms with van der Waals surface area (Å²) in [6, 6.07) is 36.3. The zero-order valence-electron chi connectivity index (χ0n) is 21.2. The first-order valence-corrected chi connectivity index (χ1v) is 13.1. The van der Waals surface area contributed by atoms with Crippen molar-refractivity contribution in [3.63, 3.8) is 0 Å². The van der Waals surface area contributed by atoms with Crippen LogP contribution in [0.4, 0.5) is 0 Å². The predicted molar refractivity (Wildman–Crippen MR) is 152 cm³/mol. The molecule has 0 unspecified atom stereocenters. The fourth-order valence-corrected chi connectivity index (χ4v) is 5.62. The van der Waals surface area contributed by atoms with Gasteiger partial charge in [0.15, 0.2) is 0 Å². The van der Waals surface area contributed by atoms with Gasteiger partial charge in [0.25, 0.3) is 0 Å². The number of para-hydroxylation sites is 2. The minimum absolute atomic E-state index is 0. The summed E-state index contributed by atoms with van der Waals surface area (Å²) in [6.45, 7) is 0. The molecule has 4 nitrogen and oxygen atoms in total. The third-order valence-electron chi connectivity index (χ3n) is 7.47. The fourth-order valence-electron chi connectivity index (χ4n) is 5.62. The van der Waals surface area contributed by atoms with Crippen LogP contribution in [0.25, 0.3) is 50.5 Å². The Balaban J connectivity index is 0.00000277. The number of benzene rings is 4. The van der Waals surface area contributed by atoms with Crippen molar-refractivity contribution in [3.8, 4) is 45.2 Å². The van der Waals surface area contributed by atoms with E-state index in [0.29, 0.717) is 5.75 Å². The van der Waals surface area contributed by atoms with E-state index in [1.807, 2.05) is 54.6 Å². The monoisotopic (exact) mass is 687 g/mol. The molecule has 4 aromatic carbocycles. The Morgan fingerprint density at radius 1 is 0.718 bits per heavy atom. The van der Waals surface area contributed by atoms with Crippen LogP contribution in [0, 0.1) is 6.07 Å². The van der Waals surface area contributed by atoms with Gasteiger partial charge in [0.2, 0.25) is 0 Å². The van der Waals surface area contributed by atoms with E-state index in [2.05, 4.69) is 58.1 Å². The Labute approximate surface area is 242 Å². The molecule has 0 atom stereocenters. The Morgan fingerprint density at radius 2 is 1.51 bits per heavy atom. The molecular weight excluding hydrogens is 661 g/mol. The molecule has 194 valence electrons. The van der Waals surface area contributed by atoms with E-state index in [1.165, 1.54) is 12.0 Å². The Hall–Kier alpha value is -4.01. The molecule has 0 saturated carbocycles. The summed E-state index contributed by atoms with van der Waals surface area (Å²) in [6.07, 6.45) is 6.00. The van der Waals surface area contributed by atoms with Gasteiger partial charge in [-0.3, -0.25) is 9.55 Å². The maximum absolute atomic E-state index is 11.5. The summed E-state index contributed by atoms with van der Waals surface area (Å²) in [5.41, 5.74) is 9.72. The number of aromatic hydroxyl groups is 1. The maximum Gasteiger partial charge on any atom is 0.148 e. The predicted octanol–water partition coefficient (Wildman–Crippen LogP) is 7.80. The number of imidazole rings is 1. The van der Waals surface area contributed by atoms with Crippen molar-refractivity contribution < 1.29 is 26.2 Å². The summed E-state index contributed by atoms with van der Waals surface area (Å²) < 4.78 is 2.16. The summed E-state index contributed by atoms with van der Waals surface area (Å²) >= 11 is 0. The third-order valence-corrected chi connectivity index (χ3v) is 7.47. The van der Waals surface area contributed by atoms with Crippen molar-refractivity contribution in [1.29, 1.82) is 0 Å². The van der Waals surface area contributed by atoms with E-state index in [0.717, 1.165) is 75.3 Å². The molecule has 0 radical (unpaired) electrons. The standard InChI is InChI=1S/C34H26N3O.Pt/c38-33-28-15-5-4-10-23(28)19-20-29(33)34-36-32-27(16-9-18-31(32)37(34)26-13-2-1-3-14-26)24-11-8-12-25(22-24)30-17-6-7-21-35-30;/h1-3,6-9,11-14,16-21,38H,4-5,10,15H2;/q-1;. The summed E-state index contributed by atoms with van der Waals surface area (Å²) in [5, 5.41) is 11.5.